The lowest BCUT2D eigenvalue weighted by atomic mass is 10.3. The first-order chi connectivity index (χ1) is 11.5. The van der Waals surface area contributed by atoms with Crippen LogP contribution in [0.15, 0.2) is 46.5 Å². The standard InChI is InChI=1S/C15H12N4O4S/c1-18-13-9(8-16-15(17-13)24-2)7-12(14(18)20)23-11-6-4-3-5-10(11)19(21)22/h3-8H,1-2H3. The van der Waals surface area contributed by atoms with Crippen LogP contribution >= 0.6 is 11.8 Å². The number of nitro benzene ring substituents is 1. The summed E-state index contributed by atoms with van der Waals surface area (Å²) in [6, 6.07) is 7.37. The van der Waals surface area contributed by atoms with E-state index in [0.717, 1.165) is 0 Å². The Hall–Kier alpha value is -2.94. The van der Waals surface area contributed by atoms with E-state index in [0.29, 0.717) is 16.2 Å². The van der Waals surface area contributed by atoms with Crippen molar-refractivity contribution in [3.05, 3.63) is 57.0 Å². The lowest BCUT2D eigenvalue weighted by Gasteiger charge is -2.10. The maximum Gasteiger partial charge on any atom is 0.311 e. The molecule has 0 atom stereocenters. The summed E-state index contributed by atoms with van der Waals surface area (Å²) in [6.45, 7) is 0. The number of thioether (sulfide) groups is 1. The molecule has 0 unspecified atom stereocenters. The molecule has 3 rings (SSSR count). The zero-order valence-electron chi connectivity index (χ0n) is 12.8. The monoisotopic (exact) mass is 344 g/mol. The fourth-order valence-corrected chi connectivity index (χ4v) is 2.52. The number of para-hydroxylation sites is 2. The molecular formula is C15H12N4O4S. The topological polar surface area (TPSA) is 100 Å². The highest BCUT2D eigenvalue weighted by Crippen LogP contribution is 2.30. The minimum Gasteiger partial charge on any atom is -0.444 e. The van der Waals surface area contributed by atoms with Crippen LogP contribution in [-0.4, -0.2) is 25.7 Å². The molecule has 0 aliphatic rings. The smallest absolute Gasteiger partial charge is 0.311 e. The predicted molar refractivity (Wildman–Crippen MR) is 89.7 cm³/mol. The molecule has 2 heterocycles. The zero-order valence-corrected chi connectivity index (χ0v) is 13.6. The van der Waals surface area contributed by atoms with Crippen LogP contribution in [0.2, 0.25) is 0 Å². The van der Waals surface area contributed by atoms with E-state index >= 15 is 0 Å². The number of hydrogen-bond donors (Lipinski definition) is 0. The van der Waals surface area contributed by atoms with E-state index in [2.05, 4.69) is 9.97 Å². The fourth-order valence-electron chi connectivity index (χ4n) is 2.19. The van der Waals surface area contributed by atoms with Gasteiger partial charge in [-0.25, -0.2) is 9.97 Å². The van der Waals surface area contributed by atoms with Crippen LogP contribution in [0, 0.1) is 10.1 Å². The third kappa shape index (κ3) is 2.81. The van der Waals surface area contributed by atoms with Gasteiger partial charge < -0.3 is 4.74 Å². The van der Waals surface area contributed by atoms with Gasteiger partial charge in [0.15, 0.2) is 10.9 Å². The molecule has 0 spiro atoms. The molecule has 0 bridgehead atoms. The Kier molecular flexibility index (Phi) is 4.17. The molecule has 0 N–H and O–H groups in total. The Balaban J connectivity index is 2.13. The quantitative estimate of drug-likeness (QED) is 0.310. The normalized spacial score (nSPS) is 10.8. The largest absolute Gasteiger partial charge is 0.444 e. The second-order valence-corrected chi connectivity index (χ2v) is 5.61. The summed E-state index contributed by atoms with van der Waals surface area (Å²) in [6.07, 6.45) is 3.42. The van der Waals surface area contributed by atoms with Crippen molar-refractivity contribution in [2.24, 2.45) is 7.05 Å². The van der Waals surface area contributed by atoms with Crippen molar-refractivity contribution in [1.82, 2.24) is 14.5 Å². The lowest BCUT2D eigenvalue weighted by molar-refractivity contribution is -0.385. The highest BCUT2D eigenvalue weighted by atomic mass is 32.2. The highest BCUT2D eigenvalue weighted by molar-refractivity contribution is 7.98. The number of aryl methyl sites for hydroxylation is 1. The number of rotatable bonds is 4. The minimum atomic E-state index is -0.561. The van der Waals surface area contributed by atoms with Crippen LogP contribution in [-0.2, 0) is 7.05 Å². The summed E-state index contributed by atoms with van der Waals surface area (Å²) in [5.74, 6) is -0.0274. The first-order valence-electron chi connectivity index (χ1n) is 6.83. The highest BCUT2D eigenvalue weighted by Gasteiger charge is 2.17. The van der Waals surface area contributed by atoms with Crippen LogP contribution < -0.4 is 10.3 Å². The second-order valence-electron chi connectivity index (χ2n) is 4.84. The molecule has 24 heavy (non-hydrogen) atoms. The van der Waals surface area contributed by atoms with Gasteiger partial charge in [-0.2, -0.15) is 0 Å². The molecule has 9 heteroatoms. The Morgan fingerprint density at radius 1 is 1.29 bits per heavy atom. The van der Waals surface area contributed by atoms with Crippen molar-refractivity contribution >= 4 is 28.5 Å². The van der Waals surface area contributed by atoms with Gasteiger partial charge >= 0.3 is 5.69 Å². The summed E-state index contributed by atoms with van der Waals surface area (Å²) in [5.41, 5.74) is -0.186. The number of pyridine rings is 1. The molecule has 0 aliphatic heterocycles. The van der Waals surface area contributed by atoms with Crippen LogP contribution in [0.1, 0.15) is 0 Å². The average molecular weight is 344 g/mol. The Morgan fingerprint density at radius 2 is 2.04 bits per heavy atom. The van der Waals surface area contributed by atoms with Crippen LogP contribution in [0.3, 0.4) is 0 Å². The zero-order chi connectivity index (χ0) is 17.3. The summed E-state index contributed by atoms with van der Waals surface area (Å²) in [7, 11) is 1.56. The van der Waals surface area contributed by atoms with Crippen LogP contribution in [0.5, 0.6) is 11.5 Å². The van der Waals surface area contributed by atoms with Crippen molar-refractivity contribution in [2.75, 3.05) is 6.26 Å². The molecule has 0 radical (unpaired) electrons. The average Bonchev–Trinajstić information content (AvgIpc) is 2.59. The molecule has 0 saturated heterocycles. The molecule has 3 aromatic rings. The third-order valence-electron chi connectivity index (χ3n) is 3.36. The van der Waals surface area contributed by atoms with E-state index in [1.807, 2.05) is 6.26 Å². The van der Waals surface area contributed by atoms with Crippen molar-refractivity contribution < 1.29 is 9.66 Å². The summed E-state index contributed by atoms with van der Waals surface area (Å²) < 4.78 is 6.85. The van der Waals surface area contributed by atoms with Crippen LogP contribution in [0.4, 0.5) is 5.69 Å². The predicted octanol–water partition coefficient (Wildman–Crippen LogP) is 2.75. The maximum absolute atomic E-state index is 12.5. The van der Waals surface area contributed by atoms with E-state index < -0.39 is 10.5 Å². The number of nitro groups is 1. The maximum atomic E-state index is 12.5. The second kappa shape index (κ2) is 6.28. The van der Waals surface area contributed by atoms with E-state index in [4.69, 9.17) is 4.74 Å². The molecular weight excluding hydrogens is 332 g/mol. The van der Waals surface area contributed by atoms with Crippen LogP contribution in [0.25, 0.3) is 11.0 Å². The number of nitrogens with zero attached hydrogens (tertiary/aromatic N) is 4. The Labute approximate surface area is 140 Å². The number of benzene rings is 1. The fraction of sp³-hybridized carbons (Fsp3) is 0.133. The SMILES string of the molecule is CSc1ncc2cc(Oc3ccccc3[N+](=O)[O-])c(=O)n(C)c2n1. The van der Waals surface area contributed by atoms with Gasteiger partial charge in [0, 0.05) is 24.7 Å². The Morgan fingerprint density at radius 3 is 2.75 bits per heavy atom. The van der Waals surface area contributed by atoms with Gasteiger partial charge in [0.2, 0.25) is 5.75 Å². The van der Waals surface area contributed by atoms with Crippen molar-refractivity contribution in [3.8, 4) is 11.5 Å². The summed E-state index contributed by atoms with van der Waals surface area (Å²) in [4.78, 5) is 31.4. The number of fused-ring (bicyclic) bond motifs is 1. The van der Waals surface area contributed by atoms with Gasteiger partial charge in [-0.05, 0) is 18.4 Å². The molecule has 0 aliphatic carbocycles. The Bertz CT molecular complexity index is 1000. The van der Waals surface area contributed by atoms with Gasteiger partial charge in [-0.1, -0.05) is 23.9 Å². The van der Waals surface area contributed by atoms with Gasteiger partial charge in [-0.3, -0.25) is 19.5 Å². The molecule has 0 fully saturated rings. The lowest BCUT2D eigenvalue weighted by Crippen LogP contribution is -2.19. The van der Waals surface area contributed by atoms with E-state index in [-0.39, 0.29) is 17.2 Å². The van der Waals surface area contributed by atoms with Gasteiger partial charge in [-0.15, -0.1) is 0 Å². The first-order valence-corrected chi connectivity index (χ1v) is 8.06. The summed E-state index contributed by atoms with van der Waals surface area (Å²) in [5, 5.41) is 12.2. The van der Waals surface area contributed by atoms with E-state index in [9.17, 15) is 14.9 Å². The minimum absolute atomic E-state index is 0.000558. The molecule has 2 aromatic heterocycles. The number of ether oxygens (including phenoxy) is 1. The molecule has 0 amide bonds. The van der Waals surface area contributed by atoms with E-state index in [1.54, 1.807) is 19.3 Å². The molecule has 1 aromatic carbocycles. The third-order valence-corrected chi connectivity index (χ3v) is 3.92. The van der Waals surface area contributed by atoms with Gasteiger partial charge in [0.25, 0.3) is 5.56 Å². The van der Waals surface area contributed by atoms with E-state index in [1.165, 1.54) is 40.6 Å². The van der Waals surface area contributed by atoms with Crippen molar-refractivity contribution in [3.63, 3.8) is 0 Å². The van der Waals surface area contributed by atoms with Gasteiger partial charge in [0.1, 0.15) is 5.65 Å². The summed E-state index contributed by atoms with van der Waals surface area (Å²) >= 11 is 1.37. The molecule has 122 valence electrons. The number of aromatic nitrogens is 3. The van der Waals surface area contributed by atoms with Gasteiger partial charge in [0.05, 0.1) is 4.92 Å². The number of hydrogen-bond acceptors (Lipinski definition) is 7. The van der Waals surface area contributed by atoms with Crippen molar-refractivity contribution in [2.45, 2.75) is 5.16 Å². The first kappa shape index (κ1) is 15.9. The molecule has 8 nitrogen and oxygen atoms in total. The van der Waals surface area contributed by atoms with Crippen molar-refractivity contribution in [1.29, 1.82) is 0 Å². The molecule has 0 saturated carbocycles.